The number of benzene rings is 2. The molecule has 0 radical (unpaired) electrons. The van der Waals surface area contributed by atoms with Crippen molar-refractivity contribution in [3.63, 3.8) is 0 Å². The van der Waals surface area contributed by atoms with Gasteiger partial charge in [-0.3, -0.25) is 4.72 Å². The number of hydrogen-bond donors (Lipinski definition) is 2. The van der Waals surface area contributed by atoms with Gasteiger partial charge in [0.25, 0.3) is 10.0 Å². The largest absolute Gasteiger partial charge is 0.477 e. The summed E-state index contributed by atoms with van der Waals surface area (Å²) < 4.78 is 29.0. The van der Waals surface area contributed by atoms with Crippen molar-refractivity contribution in [2.75, 3.05) is 5.75 Å². The van der Waals surface area contributed by atoms with Gasteiger partial charge in [0.2, 0.25) is 0 Å². The van der Waals surface area contributed by atoms with Crippen LogP contribution in [0.15, 0.2) is 50.7 Å². The van der Waals surface area contributed by atoms with Crippen LogP contribution in [0.25, 0.3) is 0 Å². The highest BCUT2D eigenvalue weighted by molar-refractivity contribution is 8.05. The molecular formula is C20H17Cl2NO4S3. The van der Waals surface area contributed by atoms with Gasteiger partial charge in [-0.05, 0) is 60.9 Å². The molecule has 0 saturated carbocycles. The number of fused-ring (bicyclic) bond motifs is 3. The lowest BCUT2D eigenvalue weighted by atomic mass is 9.96. The molecule has 2 aromatic rings. The molecule has 2 aliphatic heterocycles. The smallest absolute Gasteiger partial charge is 0.344 e. The first kappa shape index (κ1) is 21.9. The van der Waals surface area contributed by atoms with E-state index in [-0.39, 0.29) is 26.7 Å². The molecule has 158 valence electrons. The van der Waals surface area contributed by atoms with Gasteiger partial charge in [-0.15, -0.1) is 23.5 Å². The maximum absolute atomic E-state index is 13.2. The molecule has 5 nitrogen and oxygen atoms in total. The molecule has 2 aliphatic rings. The van der Waals surface area contributed by atoms with Crippen LogP contribution in [0.5, 0.6) is 0 Å². The fourth-order valence-corrected chi connectivity index (χ4v) is 8.39. The summed E-state index contributed by atoms with van der Waals surface area (Å²) in [4.78, 5) is 13.1. The third kappa shape index (κ3) is 3.84. The Hall–Kier alpha value is -1.32. The Kier molecular flexibility index (Phi) is 5.83. The standard InChI is InChI=1S/C20H17Cl2NO4S3/c1-9-6-16(10(2)5-14(9)22)30(26,27)23-17-13-8-28-15-4-3-11(21)7-12(15)18(13)29-19(17)20(24)25/h3-7,13,18,23H,8H2,1-2H3,(H,24,25). The molecule has 2 atom stereocenters. The normalized spacial score (nSPS) is 20.7. The van der Waals surface area contributed by atoms with Crippen molar-refractivity contribution in [2.24, 2.45) is 5.92 Å². The van der Waals surface area contributed by atoms with E-state index in [1.165, 1.54) is 17.8 Å². The van der Waals surface area contributed by atoms with Crippen molar-refractivity contribution in [2.45, 2.75) is 28.9 Å². The molecule has 0 aromatic heterocycles. The molecule has 2 N–H and O–H groups in total. The molecule has 2 heterocycles. The van der Waals surface area contributed by atoms with Gasteiger partial charge >= 0.3 is 5.97 Å². The Labute approximate surface area is 193 Å². The zero-order valence-corrected chi connectivity index (χ0v) is 19.9. The molecule has 2 unspecified atom stereocenters. The summed E-state index contributed by atoms with van der Waals surface area (Å²) in [5, 5.41) is 10.6. The summed E-state index contributed by atoms with van der Waals surface area (Å²) in [6.07, 6.45) is 0. The Balaban J connectivity index is 1.75. The van der Waals surface area contributed by atoms with E-state index < -0.39 is 16.0 Å². The van der Waals surface area contributed by atoms with Crippen molar-refractivity contribution in [1.29, 1.82) is 0 Å². The highest BCUT2D eigenvalue weighted by Gasteiger charge is 2.44. The molecule has 30 heavy (non-hydrogen) atoms. The quantitative estimate of drug-likeness (QED) is 0.583. The first-order valence-electron chi connectivity index (χ1n) is 8.94. The Morgan fingerprint density at radius 3 is 2.60 bits per heavy atom. The van der Waals surface area contributed by atoms with Gasteiger partial charge in [-0.1, -0.05) is 23.2 Å². The second kappa shape index (κ2) is 7.98. The summed E-state index contributed by atoms with van der Waals surface area (Å²) in [5.41, 5.74) is 2.28. The van der Waals surface area contributed by atoms with Crippen LogP contribution in [0.4, 0.5) is 0 Å². The van der Waals surface area contributed by atoms with E-state index in [1.807, 2.05) is 12.1 Å². The predicted molar refractivity (Wildman–Crippen MR) is 122 cm³/mol. The maximum Gasteiger partial charge on any atom is 0.344 e. The van der Waals surface area contributed by atoms with E-state index in [0.717, 1.165) is 10.5 Å². The highest BCUT2D eigenvalue weighted by Crippen LogP contribution is 2.57. The minimum Gasteiger partial charge on any atom is -0.477 e. The lowest BCUT2D eigenvalue weighted by molar-refractivity contribution is -0.131. The van der Waals surface area contributed by atoms with Crippen LogP contribution in [0, 0.1) is 19.8 Å². The number of allylic oxidation sites excluding steroid dienone is 1. The van der Waals surface area contributed by atoms with E-state index >= 15 is 0 Å². The molecule has 0 amide bonds. The molecular weight excluding hydrogens is 485 g/mol. The Morgan fingerprint density at radius 2 is 1.90 bits per heavy atom. The highest BCUT2D eigenvalue weighted by atomic mass is 35.5. The maximum atomic E-state index is 13.2. The Morgan fingerprint density at radius 1 is 1.17 bits per heavy atom. The molecule has 0 bridgehead atoms. The van der Waals surface area contributed by atoms with Gasteiger partial charge < -0.3 is 5.11 Å². The first-order chi connectivity index (χ1) is 14.1. The zero-order chi connectivity index (χ0) is 21.8. The second-order valence-corrected chi connectivity index (χ2v) is 11.9. The molecule has 0 fully saturated rings. The number of carboxylic acid groups (broad SMARTS) is 1. The number of nitrogens with one attached hydrogen (secondary N) is 1. The van der Waals surface area contributed by atoms with Gasteiger partial charge in [0.05, 0.1) is 10.6 Å². The summed E-state index contributed by atoms with van der Waals surface area (Å²) in [5.74, 6) is -0.871. The van der Waals surface area contributed by atoms with E-state index in [1.54, 1.807) is 37.7 Å². The second-order valence-electron chi connectivity index (χ2n) is 7.16. The summed E-state index contributed by atoms with van der Waals surface area (Å²) in [7, 11) is -3.99. The number of aryl methyl sites for hydroxylation is 2. The van der Waals surface area contributed by atoms with E-state index in [0.29, 0.717) is 26.9 Å². The van der Waals surface area contributed by atoms with Crippen molar-refractivity contribution in [3.05, 3.63) is 67.7 Å². The van der Waals surface area contributed by atoms with Crippen LogP contribution in [0.3, 0.4) is 0 Å². The number of hydrogen-bond acceptors (Lipinski definition) is 5. The topological polar surface area (TPSA) is 83.5 Å². The van der Waals surface area contributed by atoms with Crippen LogP contribution < -0.4 is 4.72 Å². The summed E-state index contributed by atoms with van der Waals surface area (Å²) in [6, 6.07) is 8.65. The van der Waals surface area contributed by atoms with Crippen molar-refractivity contribution >= 4 is 62.7 Å². The van der Waals surface area contributed by atoms with E-state index in [9.17, 15) is 18.3 Å². The SMILES string of the molecule is Cc1cc(S(=O)(=O)NC2=C(C(=O)O)SC3c4cc(Cl)ccc4SCC23)c(C)cc1Cl. The van der Waals surface area contributed by atoms with Crippen LogP contribution >= 0.6 is 46.7 Å². The zero-order valence-electron chi connectivity index (χ0n) is 15.9. The van der Waals surface area contributed by atoms with Gasteiger partial charge in [0.15, 0.2) is 0 Å². The van der Waals surface area contributed by atoms with Gasteiger partial charge in [0, 0.05) is 31.9 Å². The monoisotopic (exact) mass is 501 g/mol. The minimum atomic E-state index is -3.99. The van der Waals surface area contributed by atoms with Crippen LogP contribution in [-0.2, 0) is 14.8 Å². The molecule has 0 aliphatic carbocycles. The minimum absolute atomic E-state index is 0.0188. The van der Waals surface area contributed by atoms with Crippen LogP contribution in [0.2, 0.25) is 10.0 Å². The van der Waals surface area contributed by atoms with Crippen LogP contribution in [-0.4, -0.2) is 25.2 Å². The van der Waals surface area contributed by atoms with Gasteiger partial charge in [-0.2, -0.15) is 0 Å². The number of thioether (sulfide) groups is 2. The number of carbonyl (C=O) groups is 1. The number of rotatable bonds is 4. The summed E-state index contributed by atoms with van der Waals surface area (Å²) in [6.45, 7) is 3.38. The third-order valence-electron chi connectivity index (χ3n) is 5.11. The number of sulfonamides is 1. The van der Waals surface area contributed by atoms with Crippen molar-refractivity contribution in [3.8, 4) is 0 Å². The van der Waals surface area contributed by atoms with Gasteiger partial charge in [-0.25, -0.2) is 13.2 Å². The fourth-order valence-electron chi connectivity index (χ4n) is 3.63. The van der Waals surface area contributed by atoms with Crippen molar-refractivity contribution in [1.82, 2.24) is 4.72 Å². The molecule has 0 spiro atoms. The third-order valence-corrected chi connectivity index (χ3v) is 9.93. The summed E-state index contributed by atoms with van der Waals surface area (Å²) >= 11 is 15.0. The lowest BCUT2D eigenvalue weighted by Crippen LogP contribution is -2.31. The van der Waals surface area contributed by atoms with Gasteiger partial charge in [0.1, 0.15) is 4.91 Å². The van der Waals surface area contributed by atoms with Crippen molar-refractivity contribution < 1.29 is 18.3 Å². The first-order valence-corrected chi connectivity index (χ1v) is 13.0. The van der Waals surface area contributed by atoms with E-state index in [2.05, 4.69) is 4.72 Å². The molecule has 10 heteroatoms. The van der Waals surface area contributed by atoms with Crippen LogP contribution in [0.1, 0.15) is 21.9 Å². The average molecular weight is 502 g/mol. The fraction of sp³-hybridized carbons (Fsp3) is 0.250. The average Bonchev–Trinajstić information content (AvgIpc) is 3.03. The predicted octanol–water partition coefficient (Wildman–Crippen LogP) is 5.39. The molecule has 4 rings (SSSR count). The Bertz CT molecular complexity index is 1210. The molecule has 2 aromatic carbocycles. The lowest BCUT2D eigenvalue weighted by Gasteiger charge is -2.29. The number of halogens is 2. The number of carboxylic acids is 1. The molecule has 0 saturated heterocycles. The van der Waals surface area contributed by atoms with E-state index in [4.69, 9.17) is 23.2 Å². The number of aliphatic carboxylic acids is 1.